The number of nitrogens with zero attached hydrogens (tertiary/aromatic N) is 3. The van der Waals surface area contributed by atoms with Crippen LogP contribution in [0.4, 0.5) is 15.9 Å². The van der Waals surface area contributed by atoms with Gasteiger partial charge in [-0.05, 0) is 31.2 Å². The first kappa shape index (κ1) is 17.8. The third kappa shape index (κ3) is 4.26. The average Bonchev–Trinajstić information content (AvgIpc) is 2.57. The molecule has 1 aromatic heterocycles. The molecule has 0 radical (unpaired) electrons. The molecule has 128 valence electrons. The van der Waals surface area contributed by atoms with Crippen LogP contribution < -0.4 is 10.6 Å². The number of aromatic nitrogens is 1. The smallest absolute Gasteiger partial charge is 0.285 e. The lowest BCUT2D eigenvalue weighted by molar-refractivity contribution is -0.385. The first-order valence-electron chi connectivity index (χ1n) is 7.25. The number of pyridine rings is 1. The monoisotopic (exact) mass is 343 g/mol. The number of anilines is 1. The number of nitro benzene ring substituents is 1. The number of carbonyl (C=O) groups excluding carboxylic acids is 1. The van der Waals surface area contributed by atoms with Gasteiger partial charge in [0.2, 0.25) is 0 Å². The van der Waals surface area contributed by atoms with Gasteiger partial charge in [0.25, 0.3) is 11.6 Å². The zero-order valence-electron chi connectivity index (χ0n) is 13.2. The molecule has 0 spiro atoms. The highest BCUT2D eigenvalue weighted by Gasteiger charge is 2.23. The summed E-state index contributed by atoms with van der Waals surface area (Å²) < 4.78 is 13.5. The average molecular weight is 343 g/mol. The molecule has 0 aliphatic heterocycles. The number of nitriles is 1. The van der Waals surface area contributed by atoms with Gasteiger partial charge in [-0.15, -0.1) is 0 Å². The maximum atomic E-state index is 13.5. The Kier molecular flexibility index (Phi) is 5.58. The number of benzene rings is 1. The molecule has 0 atom stereocenters. The van der Waals surface area contributed by atoms with E-state index >= 15 is 0 Å². The Morgan fingerprint density at radius 2 is 2.20 bits per heavy atom. The third-order valence-electron chi connectivity index (χ3n) is 3.32. The maximum Gasteiger partial charge on any atom is 0.285 e. The summed E-state index contributed by atoms with van der Waals surface area (Å²) in [4.78, 5) is 26.5. The fraction of sp³-hybridized carbons (Fsp3) is 0.188. The normalized spacial score (nSPS) is 9.96. The molecule has 2 rings (SSSR count). The second-order valence-corrected chi connectivity index (χ2v) is 5.07. The Balaban J connectivity index is 2.02. The molecule has 0 saturated carbocycles. The van der Waals surface area contributed by atoms with Crippen LogP contribution in [0.15, 0.2) is 30.5 Å². The SMILES string of the molecule is Cc1cc(F)cc(C(=O)NCCNc2ncccc2C#N)c1[N+](=O)[O-]. The number of aryl methyl sites for hydroxylation is 1. The van der Waals surface area contributed by atoms with Crippen LogP contribution in [0.3, 0.4) is 0 Å². The minimum Gasteiger partial charge on any atom is -0.367 e. The zero-order chi connectivity index (χ0) is 18.4. The van der Waals surface area contributed by atoms with Crippen LogP contribution in [0.5, 0.6) is 0 Å². The Hall–Kier alpha value is -3.54. The molecule has 1 aromatic carbocycles. The van der Waals surface area contributed by atoms with Gasteiger partial charge in [0.15, 0.2) is 0 Å². The second-order valence-electron chi connectivity index (χ2n) is 5.07. The first-order valence-corrected chi connectivity index (χ1v) is 7.25. The van der Waals surface area contributed by atoms with Crippen LogP contribution in [0.2, 0.25) is 0 Å². The fourth-order valence-electron chi connectivity index (χ4n) is 2.24. The van der Waals surface area contributed by atoms with Gasteiger partial charge in [-0.25, -0.2) is 9.37 Å². The summed E-state index contributed by atoms with van der Waals surface area (Å²) in [5.74, 6) is -1.11. The minimum absolute atomic E-state index is 0.0698. The van der Waals surface area contributed by atoms with E-state index in [1.165, 1.54) is 13.1 Å². The molecule has 0 fully saturated rings. The fourth-order valence-corrected chi connectivity index (χ4v) is 2.24. The van der Waals surface area contributed by atoms with Crippen molar-refractivity contribution < 1.29 is 14.1 Å². The maximum absolute atomic E-state index is 13.5. The highest BCUT2D eigenvalue weighted by atomic mass is 19.1. The number of rotatable bonds is 6. The van der Waals surface area contributed by atoms with E-state index in [0.29, 0.717) is 11.4 Å². The van der Waals surface area contributed by atoms with Crippen molar-refractivity contribution in [2.45, 2.75) is 6.92 Å². The third-order valence-corrected chi connectivity index (χ3v) is 3.32. The van der Waals surface area contributed by atoms with Gasteiger partial charge in [0, 0.05) is 24.8 Å². The van der Waals surface area contributed by atoms with Crippen molar-refractivity contribution in [1.29, 1.82) is 5.26 Å². The zero-order valence-corrected chi connectivity index (χ0v) is 13.2. The summed E-state index contributed by atoms with van der Waals surface area (Å²) in [5, 5.41) is 25.4. The van der Waals surface area contributed by atoms with Crippen molar-refractivity contribution in [3.05, 3.63) is 63.1 Å². The Bertz CT molecular complexity index is 863. The number of nitrogens with one attached hydrogen (secondary N) is 2. The predicted molar refractivity (Wildman–Crippen MR) is 87.6 cm³/mol. The van der Waals surface area contributed by atoms with Crippen LogP contribution >= 0.6 is 0 Å². The van der Waals surface area contributed by atoms with E-state index in [0.717, 1.165) is 12.1 Å². The Morgan fingerprint density at radius 3 is 2.88 bits per heavy atom. The van der Waals surface area contributed by atoms with Crippen molar-refractivity contribution in [3.63, 3.8) is 0 Å². The molecule has 2 N–H and O–H groups in total. The van der Waals surface area contributed by atoms with E-state index < -0.39 is 22.3 Å². The van der Waals surface area contributed by atoms with Gasteiger partial charge in [0.1, 0.15) is 23.3 Å². The van der Waals surface area contributed by atoms with Crippen molar-refractivity contribution in [2.24, 2.45) is 0 Å². The first-order chi connectivity index (χ1) is 11.9. The number of halogens is 1. The van der Waals surface area contributed by atoms with Crippen molar-refractivity contribution in [2.75, 3.05) is 18.4 Å². The highest BCUT2D eigenvalue weighted by molar-refractivity contribution is 5.98. The lowest BCUT2D eigenvalue weighted by Gasteiger charge is -2.09. The molecule has 0 bridgehead atoms. The van der Waals surface area contributed by atoms with E-state index in [-0.39, 0.29) is 24.2 Å². The number of hydrogen-bond donors (Lipinski definition) is 2. The van der Waals surface area contributed by atoms with Gasteiger partial charge in [-0.3, -0.25) is 14.9 Å². The Morgan fingerprint density at radius 1 is 1.44 bits per heavy atom. The van der Waals surface area contributed by atoms with Crippen molar-refractivity contribution in [1.82, 2.24) is 10.3 Å². The molecule has 0 aliphatic carbocycles. The number of hydrogen-bond acceptors (Lipinski definition) is 6. The van der Waals surface area contributed by atoms with Crippen LogP contribution in [0.25, 0.3) is 0 Å². The number of amides is 1. The molecular formula is C16H14FN5O3. The lowest BCUT2D eigenvalue weighted by Crippen LogP contribution is -2.29. The molecule has 0 unspecified atom stereocenters. The van der Waals surface area contributed by atoms with Gasteiger partial charge in [-0.2, -0.15) is 5.26 Å². The van der Waals surface area contributed by atoms with Gasteiger partial charge in [0.05, 0.1) is 10.5 Å². The summed E-state index contributed by atoms with van der Waals surface area (Å²) in [6, 6.07) is 7.02. The van der Waals surface area contributed by atoms with Crippen LogP contribution in [-0.4, -0.2) is 28.9 Å². The number of carbonyl (C=O) groups is 1. The topological polar surface area (TPSA) is 121 Å². The molecule has 25 heavy (non-hydrogen) atoms. The van der Waals surface area contributed by atoms with Crippen molar-refractivity contribution >= 4 is 17.4 Å². The highest BCUT2D eigenvalue weighted by Crippen LogP contribution is 2.24. The summed E-state index contributed by atoms with van der Waals surface area (Å²) in [6.07, 6.45) is 1.51. The second kappa shape index (κ2) is 7.83. The standard InChI is InChI=1S/C16H14FN5O3/c1-10-7-12(17)8-13(14(10)22(24)25)16(23)21-6-5-20-15-11(9-18)3-2-4-19-15/h2-4,7-8H,5-6H2,1H3,(H,19,20)(H,21,23). The predicted octanol–water partition coefficient (Wildman–Crippen LogP) is 2.15. The van der Waals surface area contributed by atoms with Gasteiger partial charge >= 0.3 is 0 Å². The lowest BCUT2D eigenvalue weighted by atomic mass is 10.1. The Labute approximate surface area is 142 Å². The molecule has 8 nitrogen and oxygen atoms in total. The van der Waals surface area contributed by atoms with Crippen LogP contribution in [-0.2, 0) is 0 Å². The van der Waals surface area contributed by atoms with Crippen LogP contribution in [0.1, 0.15) is 21.5 Å². The quantitative estimate of drug-likeness (QED) is 0.471. The molecule has 2 aromatic rings. The summed E-state index contributed by atoms with van der Waals surface area (Å²) in [6.45, 7) is 1.70. The summed E-state index contributed by atoms with van der Waals surface area (Å²) in [7, 11) is 0. The van der Waals surface area contributed by atoms with E-state index in [1.54, 1.807) is 12.1 Å². The van der Waals surface area contributed by atoms with E-state index in [9.17, 15) is 19.3 Å². The van der Waals surface area contributed by atoms with Crippen molar-refractivity contribution in [3.8, 4) is 6.07 Å². The van der Waals surface area contributed by atoms with E-state index in [2.05, 4.69) is 15.6 Å². The molecule has 0 aliphatic rings. The van der Waals surface area contributed by atoms with Crippen LogP contribution in [0, 0.1) is 34.2 Å². The molecular weight excluding hydrogens is 329 g/mol. The molecule has 1 amide bonds. The number of nitro groups is 1. The van der Waals surface area contributed by atoms with Gasteiger partial charge in [-0.1, -0.05) is 0 Å². The van der Waals surface area contributed by atoms with E-state index in [1.807, 2.05) is 6.07 Å². The molecule has 9 heteroatoms. The van der Waals surface area contributed by atoms with Gasteiger partial charge < -0.3 is 10.6 Å². The summed E-state index contributed by atoms with van der Waals surface area (Å²) >= 11 is 0. The molecule has 0 saturated heterocycles. The molecule has 1 heterocycles. The largest absolute Gasteiger partial charge is 0.367 e. The van der Waals surface area contributed by atoms with E-state index in [4.69, 9.17) is 5.26 Å². The minimum atomic E-state index is -0.752. The summed E-state index contributed by atoms with van der Waals surface area (Å²) in [5.41, 5.74) is -0.341.